The minimum Gasteiger partial charge on any atom is -0.353 e. The third kappa shape index (κ3) is 12.9. The van der Waals surface area contributed by atoms with Gasteiger partial charge >= 0.3 is 0 Å². The number of hydrogen-bond donors (Lipinski definition) is 1. The van der Waals surface area contributed by atoms with E-state index in [0.717, 1.165) is 12.8 Å². The molecule has 0 unspecified atom stereocenters. The van der Waals surface area contributed by atoms with Crippen LogP contribution in [-0.4, -0.2) is 11.9 Å². The van der Waals surface area contributed by atoms with Crippen LogP contribution in [0.2, 0.25) is 0 Å². The van der Waals surface area contributed by atoms with E-state index in [4.69, 9.17) is 0 Å². The Morgan fingerprint density at radius 2 is 1.19 bits per heavy atom. The third-order valence-corrected chi connectivity index (χ3v) is 4.45. The van der Waals surface area contributed by atoms with E-state index in [2.05, 4.69) is 12.2 Å². The second-order valence-corrected chi connectivity index (χ2v) is 6.83. The van der Waals surface area contributed by atoms with Gasteiger partial charge in [-0.1, -0.05) is 84.0 Å². The average molecular weight is 296 g/mol. The molecule has 0 spiro atoms. The van der Waals surface area contributed by atoms with Crippen LogP contribution in [0.3, 0.4) is 0 Å². The molecule has 0 aliphatic heterocycles. The van der Waals surface area contributed by atoms with Crippen LogP contribution in [0.1, 0.15) is 110 Å². The van der Waals surface area contributed by atoms with Gasteiger partial charge in [0, 0.05) is 12.5 Å². The van der Waals surface area contributed by atoms with Crippen molar-refractivity contribution in [3.05, 3.63) is 0 Å². The number of hydrogen-bond acceptors (Lipinski definition) is 1. The topological polar surface area (TPSA) is 29.1 Å². The lowest BCUT2D eigenvalue weighted by molar-refractivity contribution is -0.121. The minimum absolute atomic E-state index is 0.278. The first kappa shape index (κ1) is 18.5. The molecule has 1 amide bonds. The van der Waals surface area contributed by atoms with Gasteiger partial charge in [0.1, 0.15) is 0 Å². The van der Waals surface area contributed by atoms with E-state index in [1.807, 2.05) is 0 Å². The summed E-state index contributed by atoms with van der Waals surface area (Å²) in [6.45, 7) is 2.28. The van der Waals surface area contributed by atoms with Gasteiger partial charge in [-0.2, -0.15) is 0 Å². The molecule has 0 bridgehead atoms. The summed E-state index contributed by atoms with van der Waals surface area (Å²) in [5.41, 5.74) is 0. The monoisotopic (exact) mass is 295 g/mol. The molecule has 124 valence electrons. The fourth-order valence-corrected chi connectivity index (χ4v) is 2.83. The summed E-state index contributed by atoms with van der Waals surface area (Å²) in [7, 11) is 0. The summed E-state index contributed by atoms with van der Waals surface area (Å²) in [6.07, 6.45) is 20.9. The van der Waals surface area contributed by atoms with Crippen LogP contribution in [0.4, 0.5) is 0 Å². The van der Waals surface area contributed by atoms with Crippen molar-refractivity contribution in [2.24, 2.45) is 0 Å². The van der Waals surface area contributed by atoms with Crippen LogP contribution in [-0.2, 0) is 4.79 Å². The highest BCUT2D eigenvalue weighted by atomic mass is 16.1. The van der Waals surface area contributed by atoms with Gasteiger partial charge < -0.3 is 5.32 Å². The second-order valence-electron chi connectivity index (χ2n) is 6.83. The summed E-state index contributed by atoms with van der Waals surface area (Å²) >= 11 is 0. The molecular weight excluding hydrogens is 258 g/mol. The van der Waals surface area contributed by atoms with Crippen molar-refractivity contribution < 1.29 is 4.79 Å². The Labute approximate surface area is 132 Å². The Morgan fingerprint density at radius 3 is 1.62 bits per heavy atom. The second kappa shape index (κ2) is 13.2. The molecule has 0 aromatic carbocycles. The SMILES string of the molecule is CCCCCCCCCCCCCCCC(=O)NC1CC1. The van der Waals surface area contributed by atoms with Gasteiger partial charge in [0.15, 0.2) is 0 Å². The third-order valence-electron chi connectivity index (χ3n) is 4.45. The molecule has 0 atom stereocenters. The molecule has 0 heterocycles. The number of nitrogens with one attached hydrogen (secondary N) is 1. The Morgan fingerprint density at radius 1 is 0.762 bits per heavy atom. The number of carbonyl (C=O) groups is 1. The standard InChI is InChI=1S/C19H37NO/c1-2-3-4-5-6-7-8-9-10-11-12-13-14-15-19(21)20-18-16-17-18/h18H,2-17H2,1H3,(H,20,21). The molecular formula is C19H37NO. The zero-order valence-electron chi connectivity index (χ0n) is 14.3. The first-order valence-electron chi connectivity index (χ1n) is 9.62. The summed E-state index contributed by atoms with van der Waals surface area (Å²) in [5, 5.41) is 3.06. The highest BCUT2D eigenvalue weighted by Crippen LogP contribution is 2.19. The van der Waals surface area contributed by atoms with E-state index < -0.39 is 0 Å². The lowest BCUT2D eigenvalue weighted by Crippen LogP contribution is -2.24. The maximum atomic E-state index is 11.5. The summed E-state index contributed by atoms with van der Waals surface area (Å²) in [4.78, 5) is 11.5. The molecule has 1 saturated carbocycles. The van der Waals surface area contributed by atoms with Gasteiger partial charge in [0.25, 0.3) is 0 Å². The predicted molar refractivity (Wildman–Crippen MR) is 91.5 cm³/mol. The van der Waals surface area contributed by atoms with E-state index >= 15 is 0 Å². The Balaban J connectivity index is 1.67. The van der Waals surface area contributed by atoms with Crippen LogP contribution in [0.5, 0.6) is 0 Å². The maximum absolute atomic E-state index is 11.5. The highest BCUT2D eigenvalue weighted by molar-refractivity contribution is 5.76. The van der Waals surface area contributed by atoms with Crippen LogP contribution in [0.25, 0.3) is 0 Å². The molecule has 0 radical (unpaired) electrons. The summed E-state index contributed by atoms with van der Waals surface area (Å²) < 4.78 is 0. The van der Waals surface area contributed by atoms with Crippen molar-refractivity contribution >= 4 is 5.91 Å². The van der Waals surface area contributed by atoms with Crippen molar-refractivity contribution in [3.63, 3.8) is 0 Å². The molecule has 2 heteroatoms. The Bertz CT molecular complexity index is 248. The first-order chi connectivity index (χ1) is 10.3. The zero-order chi connectivity index (χ0) is 15.2. The lowest BCUT2D eigenvalue weighted by Gasteiger charge is -2.04. The van der Waals surface area contributed by atoms with E-state index in [1.54, 1.807) is 0 Å². The zero-order valence-corrected chi connectivity index (χ0v) is 14.3. The summed E-state index contributed by atoms with van der Waals surface area (Å²) in [6, 6.07) is 0.527. The fraction of sp³-hybridized carbons (Fsp3) is 0.947. The van der Waals surface area contributed by atoms with Crippen molar-refractivity contribution in [1.82, 2.24) is 5.32 Å². The lowest BCUT2D eigenvalue weighted by atomic mass is 10.0. The van der Waals surface area contributed by atoms with E-state index in [9.17, 15) is 4.79 Å². The number of rotatable bonds is 15. The molecule has 1 fully saturated rings. The Hall–Kier alpha value is -0.530. The van der Waals surface area contributed by atoms with Gasteiger partial charge in [-0.3, -0.25) is 4.79 Å². The van der Waals surface area contributed by atoms with E-state index in [1.165, 1.54) is 89.9 Å². The smallest absolute Gasteiger partial charge is 0.220 e. The molecule has 21 heavy (non-hydrogen) atoms. The van der Waals surface area contributed by atoms with Crippen molar-refractivity contribution in [2.75, 3.05) is 0 Å². The van der Waals surface area contributed by atoms with Crippen molar-refractivity contribution in [1.29, 1.82) is 0 Å². The van der Waals surface area contributed by atoms with Gasteiger partial charge in [0.05, 0.1) is 0 Å². The molecule has 2 nitrogen and oxygen atoms in total. The van der Waals surface area contributed by atoms with Crippen LogP contribution >= 0.6 is 0 Å². The van der Waals surface area contributed by atoms with Crippen LogP contribution in [0, 0.1) is 0 Å². The average Bonchev–Trinajstić information content (AvgIpc) is 3.28. The van der Waals surface area contributed by atoms with Gasteiger partial charge in [-0.05, 0) is 19.3 Å². The number of unbranched alkanes of at least 4 members (excludes halogenated alkanes) is 12. The molecule has 1 N–H and O–H groups in total. The maximum Gasteiger partial charge on any atom is 0.220 e. The molecule has 1 aliphatic carbocycles. The minimum atomic E-state index is 0.278. The highest BCUT2D eigenvalue weighted by Gasteiger charge is 2.22. The van der Waals surface area contributed by atoms with Gasteiger partial charge in [0.2, 0.25) is 5.91 Å². The largest absolute Gasteiger partial charge is 0.353 e. The summed E-state index contributed by atoms with van der Waals surface area (Å²) in [5.74, 6) is 0.278. The molecule has 1 rings (SSSR count). The predicted octanol–water partition coefficient (Wildman–Crippen LogP) is 5.75. The molecule has 0 saturated heterocycles. The number of amides is 1. The fourth-order valence-electron chi connectivity index (χ4n) is 2.83. The van der Waals surface area contributed by atoms with Gasteiger partial charge in [-0.25, -0.2) is 0 Å². The quantitative estimate of drug-likeness (QED) is 0.383. The van der Waals surface area contributed by atoms with Gasteiger partial charge in [-0.15, -0.1) is 0 Å². The van der Waals surface area contributed by atoms with Crippen LogP contribution < -0.4 is 5.32 Å². The normalized spacial score (nSPS) is 14.3. The van der Waals surface area contributed by atoms with Crippen molar-refractivity contribution in [2.45, 2.75) is 116 Å². The molecule has 0 aromatic heterocycles. The number of carbonyl (C=O) groups excluding carboxylic acids is 1. The Kier molecular flexibility index (Phi) is 11.6. The van der Waals surface area contributed by atoms with E-state index in [-0.39, 0.29) is 5.91 Å². The molecule has 0 aromatic rings. The molecule has 1 aliphatic rings. The first-order valence-corrected chi connectivity index (χ1v) is 9.62. The van der Waals surface area contributed by atoms with Crippen molar-refractivity contribution in [3.8, 4) is 0 Å². The van der Waals surface area contributed by atoms with E-state index in [0.29, 0.717) is 6.04 Å². The van der Waals surface area contributed by atoms with Crippen LogP contribution in [0.15, 0.2) is 0 Å².